The summed E-state index contributed by atoms with van der Waals surface area (Å²) in [5, 5.41) is 0. The summed E-state index contributed by atoms with van der Waals surface area (Å²) in [6.45, 7) is 4.16. The number of aromatic nitrogens is 1. The van der Waals surface area contributed by atoms with Gasteiger partial charge in [-0.3, -0.25) is 0 Å². The molecule has 76 valence electrons. The monoisotopic (exact) mass is 198 g/mol. The van der Waals surface area contributed by atoms with Gasteiger partial charge in [-0.1, -0.05) is 23.8 Å². The van der Waals surface area contributed by atoms with Crippen molar-refractivity contribution >= 4 is 5.82 Å². The predicted molar refractivity (Wildman–Crippen MR) is 63.6 cm³/mol. The molecule has 0 atom stereocenters. The molecule has 0 saturated carbocycles. The Bertz CT molecular complexity index is 490. The third-order valence-corrected chi connectivity index (χ3v) is 2.44. The van der Waals surface area contributed by atoms with Crippen molar-refractivity contribution in [3.63, 3.8) is 0 Å². The number of nitrogens with two attached hydrogens (primary N) is 1. The maximum Gasteiger partial charge on any atom is 0.124 e. The van der Waals surface area contributed by atoms with Gasteiger partial charge in [0, 0.05) is 5.56 Å². The quantitative estimate of drug-likeness (QED) is 0.765. The molecule has 2 rings (SSSR count). The molecule has 15 heavy (non-hydrogen) atoms. The van der Waals surface area contributed by atoms with E-state index in [4.69, 9.17) is 5.73 Å². The Morgan fingerprint density at radius 3 is 2.60 bits per heavy atom. The van der Waals surface area contributed by atoms with Crippen molar-refractivity contribution in [3.05, 3.63) is 47.5 Å². The van der Waals surface area contributed by atoms with Crippen LogP contribution >= 0.6 is 0 Å². The number of benzene rings is 1. The minimum absolute atomic E-state index is 0.563. The number of nitrogen functional groups attached to an aromatic ring is 1. The molecular weight excluding hydrogens is 184 g/mol. The van der Waals surface area contributed by atoms with Gasteiger partial charge in [-0.2, -0.15) is 0 Å². The highest BCUT2D eigenvalue weighted by Crippen LogP contribution is 2.23. The molecule has 1 aromatic carbocycles. The van der Waals surface area contributed by atoms with Crippen LogP contribution in [0.25, 0.3) is 11.3 Å². The first-order chi connectivity index (χ1) is 7.16. The van der Waals surface area contributed by atoms with Gasteiger partial charge in [0.25, 0.3) is 0 Å². The van der Waals surface area contributed by atoms with Crippen molar-refractivity contribution in [2.24, 2.45) is 0 Å². The molecule has 0 unspecified atom stereocenters. The zero-order chi connectivity index (χ0) is 10.8. The molecule has 0 amide bonds. The van der Waals surface area contributed by atoms with Gasteiger partial charge in [0.05, 0.1) is 5.69 Å². The SMILES string of the molecule is Cc1ccc(C)c(-c2cccc(N)n2)c1. The summed E-state index contributed by atoms with van der Waals surface area (Å²) in [6, 6.07) is 12.1. The van der Waals surface area contributed by atoms with Crippen LogP contribution in [0.5, 0.6) is 0 Å². The van der Waals surface area contributed by atoms with E-state index in [1.165, 1.54) is 11.1 Å². The van der Waals surface area contributed by atoms with Gasteiger partial charge < -0.3 is 5.73 Å². The second kappa shape index (κ2) is 3.73. The smallest absolute Gasteiger partial charge is 0.124 e. The van der Waals surface area contributed by atoms with Crippen LogP contribution in [0.4, 0.5) is 5.82 Å². The number of aryl methyl sites for hydroxylation is 2. The standard InChI is InChI=1S/C13H14N2/c1-9-6-7-10(2)11(8-9)12-4-3-5-13(14)15-12/h3-8H,1-2H3,(H2,14,15). The molecule has 0 radical (unpaired) electrons. The van der Waals surface area contributed by atoms with Crippen molar-refractivity contribution in [1.29, 1.82) is 0 Å². The van der Waals surface area contributed by atoms with Gasteiger partial charge in [-0.25, -0.2) is 4.98 Å². The highest BCUT2D eigenvalue weighted by Gasteiger charge is 2.03. The fraction of sp³-hybridized carbons (Fsp3) is 0.154. The third-order valence-electron chi connectivity index (χ3n) is 2.44. The third kappa shape index (κ3) is 1.99. The normalized spacial score (nSPS) is 10.3. The number of nitrogens with zero attached hydrogens (tertiary/aromatic N) is 1. The topological polar surface area (TPSA) is 38.9 Å². The first-order valence-corrected chi connectivity index (χ1v) is 4.97. The summed E-state index contributed by atoms with van der Waals surface area (Å²) >= 11 is 0. The Morgan fingerprint density at radius 2 is 1.87 bits per heavy atom. The van der Waals surface area contributed by atoms with E-state index in [9.17, 15) is 0 Å². The maximum atomic E-state index is 5.67. The highest BCUT2D eigenvalue weighted by molar-refractivity contribution is 5.65. The summed E-state index contributed by atoms with van der Waals surface area (Å²) < 4.78 is 0. The van der Waals surface area contributed by atoms with E-state index in [0.29, 0.717) is 5.82 Å². The Hall–Kier alpha value is -1.83. The predicted octanol–water partition coefficient (Wildman–Crippen LogP) is 2.95. The van der Waals surface area contributed by atoms with Crippen molar-refractivity contribution in [2.45, 2.75) is 13.8 Å². The largest absolute Gasteiger partial charge is 0.384 e. The summed E-state index contributed by atoms with van der Waals surface area (Å²) in [4.78, 5) is 4.32. The van der Waals surface area contributed by atoms with E-state index in [1.54, 1.807) is 6.07 Å². The molecule has 0 bridgehead atoms. The Balaban J connectivity index is 2.58. The van der Waals surface area contributed by atoms with Gasteiger partial charge in [0.2, 0.25) is 0 Å². The Morgan fingerprint density at radius 1 is 1.07 bits per heavy atom. The van der Waals surface area contributed by atoms with Crippen LogP contribution < -0.4 is 5.73 Å². The lowest BCUT2D eigenvalue weighted by atomic mass is 10.0. The molecule has 1 aromatic heterocycles. The van der Waals surface area contributed by atoms with Crippen molar-refractivity contribution in [2.75, 3.05) is 5.73 Å². The number of pyridine rings is 1. The van der Waals surface area contributed by atoms with Crippen LogP contribution in [-0.4, -0.2) is 4.98 Å². The van der Waals surface area contributed by atoms with Crippen LogP contribution in [0.1, 0.15) is 11.1 Å². The Labute approximate surface area is 89.8 Å². The van der Waals surface area contributed by atoms with Crippen molar-refractivity contribution in [1.82, 2.24) is 4.98 Å². The molecule has 2 heteroatoms. The molecule has 0 fully saturated rings. The van der Waals surface area contributed by atoms with Crippen LogP contribution in [-0.2, 0) is 0 Å². The molecular formula is C13H14N2. The van der Waals surface area contributed by atoms with Crippen molar-refractivity contribution in [3.8, 4) is 11.3 Å². The average molecular weight is 198 g/mol. The van der Waals surface area contributed by atoms with Crippen LogP contribution in [0.15, 0.2) is 36.4 Å². The zero-order valence-corrected chi connectivity index (χ0v) is 8.99. The maximum absolute atomic E-state index is 5.67. The lowest BCUT2D eigenvalue weighted by molar-refractivity contribution is 1.30. The fourth-order valence-corrected chi connectivity index (χ4v) is 1.61. The van der Waals surface area contributed by atoms with Gasteiger partial charge in [0.1, 0.15) is 5.82 Å². The first-order valence-electron chi connectivity index (χ1n) is 4.97. The van der Waals surface area contributed by atoms with E-state index < -0.39 is 0 Å². The molecule has 0 aliphatic heterocycles. The molecule has 0 aliphatic carbocycles. The average Bonchev–Trinajstić information content (AvgIpc) is 2.22. The summed E-state index contributed by atoms with van der Waals surface area (Å²) in [5.74, 6) is 0.563. The molecule has 2 nitrogen and oxygen atoms in total. The van der Waals surface area contributed by atoms with Gasteiger partial charge in [0.15, 0.2) is 0 Å². The Kier molecular flexibility index (Phi) is 2.42. The molecule has 1 heterocycles. The van der Waals surface area contributed by atoms with Gasteiger partial charge in [-0.05, 0) is 37.6 Å². The second-order valence-electron chi connectivity index (χ2n) is 3.77. The summed E-state index contributed by atoms with van der Waals surface area (Å²) in [7, 11) is 0. The van der Waals surface area contributed by atoms with Crippen LogP contribution in [0.3, 0.4) is 0 Å². The number of rotatable bonds is 1. The van der Waals surface area contributed by atoms with Gasteiger partial charge >= 0.3 is 0 Å². The number of anilines is 1. The number of hydrogen-bond acceptors (Lipinski definition) is 2. The minimum Gasteiger partial charge on any atom is -0.384 e. The summed E-state index contributed by atoms with van der Waals surface area (Å²) in [6.07, 6.45) is 0. The van der Waals surface area contributed by atoms with Crippen molar-refractivity contribution < 1.29 is 0 Å². The first kappa shape index (κ1) is 9.71. The van der Waals surface area contributed by atoms with E-state index in [-0.39, 0.29) is 0 Å². The van der Waals surface area contributed by atoms with Gasteiger partial charge in [-0.15, -0.1) is 0 Å². The molecule has 0 aliphatic rings. The second-order valence-corrected chi connectivity index (χ2v) is 3.77. The van der Waals surface area contributed by atoms with E-state index in [2.05, 4.69) is 37.0 Å². The molecule has 2 N–H and O–H groups in total. The minimum atomic E-state index is 0.563. The van der Waals surface area contributed by atoms with E-state index >= 15 is 0 Å². The molecule has 0 spiro atoms. The fourth-order valence-electron chi connectivity index (χ4n) is 1.61. The van der Waals surface area contributed by atoms with E-state index in [0.717, 1.165) is 11.3 Å². The highest BCUT2D eigenvalue weighted by atomic mass is 14.8. The van der Waals surface area contributed by atoms with Crippen LogP contribution in [0, 0.1) is 13.8 Å². The molecule has 0 saturated heterocycles. The summed E-state index contributed by atoms with van der Waals surface area (Å²) in [5.41, 5.74) is 10.2. The lowest BCUT2D eigenvalue weighted by Gasteiger charge is -2.06. The zero-order valence-electron chi connectivity index (χ0n) is 8.99. The molecule has 2 aromatic rings. The van der Waals surface area contributed by atoms with Crippen LogP contribution in [0.2, 0.25) is 0 Å². The number of hydrogen-bond donors (Lipinski definition) is 1. The lowest BCUT2D eigenvalue weighted by Crippen LogP contribution is -1.93. The van der Waals surface area contributed by atoms with E-state index in [1.807, 2.05) is 12.1 Å².